The van der Waals surface area contributed by atoms with Crippen LogP contribution in [0.5, 0.6) is 0 Å². The Morgan fingerprint density at radius 2 is 1.36 bits per heavy atom. The Morgan fingerprint density at radius 1 is 0.724 bits per heavy atom. The van der Waals surface area contributed by atoms with Gasteiger partial charge in [-0.1, -0.05) is 30.7 Å². The quantitative estimate of drug-likeness (QED) is 0.0129. The highest BCUT2D eigenvalue weighted by molar-refractivity contribution is 5.99. The van der Waals surface area contributed by atoms with Gasteiger partial charge in [-0.15, -0.1) is 0 Å². The first-order chi connectivity index (χ1) is 36.2. The lowest BCUT2D eigenvalue weighted by atomic mass is 10.0. The van der Waals surface area contributed by atoms with E-state index in [2.05, 4.69) is 42.2 Å². The molecule has 29 heteroatoms. The third-order valence-corrected chi connectivity index (χ3v) is 12.0. The average molecular weight is 1080 g/mol. The Labute approximate surface area is 440 Å². The third kappa shape index (κ3) is 22.9. The zero-order valence-electron chi connectivity index (χ0n) is 42.8. The molecule has 76 heavy (non-hydrogen) atoms. The van der Waals surface area contributed by atoms with Gasteiger partial charge in [0, 0.05) is 26.1 Å². The Morgan fingerprint density at radius 3 is 1.97 bits per heavy atom. The van der Waals surface area contributed by atoms with E-state index in [0.29, 0.717) is 38.6 Å². The number of nitrogens with two attached hydrogens (primary N) is 8. The minimum absolute atomic E-state index is 0.0000575. The van der Waals surface area contributed by atoms with Crippen LogP contribution in [0.3, 0.4) is 0 Å². The number of likely N-dealkylation sites (tertiary alicyclic amines) is 1. The molecule has 0 spiro atoms. The van der Waals surface area contributed by atoms with E-state index in [9.17, 15) is 53.4 Å². The van der Waals surface area contributed by atoms with Crippen molar-refractivity contribution in [2.45, 2.75) is 132 Å². The molecule has 1 aliphatic rings. The predicted molar refractivity (Wildman–Crippen MR) is 277 cm³/mol. The zero-order chi connectivity index (χ0) is 56.7. The highest BCUT2D eigenvalue weighted by atomic mass is 19.1. The van der Waals surface area contributed by atoms with Crippen LogP contribution in [0.4, 0.5) is 4.39 Å². The highest BCUT2D eigenvalue weighted by Gasteiger charge is 2.40. The number of carbonyl (C=O) groups is 9. The summed E-state index contributed by atoms with van der Waals surface area (Å²) in [7, 11) is 0. The minimum Gasteiger partial charge on any atom is -0.477 e. The van der Waals surface area contributed by atoms with Gasteiger partial charge in [-0.25, -0.2) is 9.18 Å². The number of aliphatic hydroxyl groups is 1. The normalized spacial score (nSPS) is 16.1. The van der Waals surface area contributed by atoms with Gasteiger partial charge in [0.1, 0.15) is 47.8 Å². The van der Waals surface area contributed by atoms with Crippen molar-refractivity contribution in [1.82, 2.24) is 42.1 Å². The number of hydrogen-bond donors (Lipinski definition) is 17. The van der Waals surface area contributed by atoms with Gasteiger partial charge >= 0.3 is 5.97 Å². The SMILES string of the molecule is NCCCCC(N)C(=O)NC(C(=O)NC(CCN)C(=O)NCC(=O)NC(CCCN)C(=O)N1CCCC1C(=O)NC(Cc1ccccc1F)C(=O)NC(CCCCN)C(=O)NC(=CCCN=C(N)N)C(=O)O)C(O)CN. The van der Waals surface area contributed by atoms with Crippen molar-refractivity contribution in [3.63, 3.8) is 0 Å². The van der Waals surface area contributed by atoms with Gasteiger partial charge in [-0.05, 0) is 108 Å². The molecule has 0 saturated carbocycles. The Bertz CT molecular complexity index is 2150. The van der Waals surface area contributed by atoms with E-state index in [1.165, 1.54) is 29.2 Å². The fourth-order valence-electron chi connectivity index (χ4n) is 7.90. The Kier molecular flexibility index (Phi) is 30.4. The van der Waals surface area contributed by atoms with Crippen molar-refractivity contribution < 1.29 is 57.8 Å². The summed E-state index contributed by atoms with van der Waals surface area (Å²) in [6.45, 7) is -0.491. The van der Waals surface area contributed by atoms with Gasteiger partial charge in [0.2, 0.25) is 47.3 Å². The predicted octanol–water partition coefficient (Wildman–Crippen LogP) is -6.36. The van der Waals surface area contributed by atoms with Crippen molar-refractivity contribution >= 4 is 59.2 Å². The molecule has 1 aliphatic heterocycles. The van der Waals surface area contributed by atoms with Gasteiger partial charge < -0.3 is 98.2 Å². The van der Waals surface area contributed by atoms with Gasteiger partial charge in [-0.3, -0.25) is 43.3 Å². The molecule has 1 aromatic rings. The van der Waals surface area contributed by atoms with E-state index in [4.69, 9.17) is 45.9 Å². The van der Waals surface area contributed by atoms with Crippen LogP contribution >= 0.6 is 0 Å². The van der Waals surface area contributed by atoms with E-state index in [1.807, 2.05) is 0 Å². The van der Waals surface area contributed by atoms with Gasteiger partial charge in [0.25, 0.3) is 0 Å². The molecule has 25 N–H and O–H groups in total. The number of amides is 8. The van der Waals surface area contributed by atoms with Crippen LogP contribution in [0.2, 0.25) is 0 Å². The van der Waals surface area contributed by atoms with E-state index < -0.39 is 133 Å². The van der Waals surface area contributed by atoms with E-state index in [0.717, 1.165) is 6.07 Å². The first-order valence-electron chi connectivity index (χ1n) is 25.3. The summed E-state index contributed by atoms with van der Waals surface area (Å²) in [6.07, 6.45) is 1.84. The molecule has 1 saturated heterocycles. The van der Waals surface area contributed by atoms with Crippen LogP contribution in [-0.2, 0) is 49.6 Å². The molecule has 8 amide bonds. The Hall–Kier alpha value is -6.89. The molecule has 0 aromatic heterocycles. The maximum Gasteiger partial charge on any atom is 0.352 e. The molecule has 0 aliphatic carbocycles. The number of carbonyl (C=O) groups excluding carboxylic acids is 8. The third-order valence-electron chi connectivity index (χ3n) is 12.0. The number of halogens is 1. The van der Waals surface area contributed by atoms with Gasteiger partial charge in [-0.2, -0.15) is 0 Å². The number of aliphatic imine (C=N–C) groups is 1. The van der Waals surface area contributed by atoms with E-state index >= 15 is 4.39 Å². The van der Waals surface area contributed by atoms with Crippen molar-refractivity contribution in [1.29, 1.82) is 0 Å². The summed E-state index contributed by atoms with van der Waals surface area (Å²) < 4.78 is 15.1. The fraction of sp³-hybridized carbons (Fsp3) is 0.617. The summed E-state index contributed by atoms with van der Waals surface area (Å²) in [6, 6.07) is -3.93. The summed E-state index contributed by atoms with van der Waals surface area (Å²) in [4.78, 5) is 126. The summed E-state index contributed by atoms with van der Waals surface area (Å²) in [5, 5.41) is 37.5. The molecule has 1 aromatic carbocycles. The van der Waals surface area contributed by atoms with Crippen LogP contribution in [-0.4, -0.2) is 175 Å². The number of benzene rings is 1. The smallest absolute Gasteiger partial charge is 0.352 e. The van der Waals surface area contributed by atoms with Crippen molar-refractivity contribution in [3.8, 4) is 0 Å². The maximum absolute atomic E-state index is 15.1. The molecular formula is C47H80FN17O11. The van der Waals surface area contributed by atoms with Crippen LogP contribution in [0.1, 0.15) is 82.6 Å². The van der Waals surface area contributed by atoms with Crippen LogP contribution in [0, 0.1) is 5.82 Å². The summed E-state index contributed by atoms with van der Waals surface area (Å²) in [5.41, 5.74) is 44.4. The van der Waals surface area contributed by atoms with E-state index in [1.54, 1.807) is 0 Å². The number of aliphatic hydroxyl groups excluding tert-OH is 1. The van der Waals surface area contributed by atoms with Crippen LogP contribution in [0.15, 0.2) is 41.0 Å². The number of guanidine groups is 1. The van der Waals surface area contributed by atoms with Crippen molar-refractivity contribution in [2.75, 3.05) is 52.4 Å². The average Bonchev–Trinajstić information content (AvgIpc) is 3.89. The molecule has 1 heterocycles. The minimum atomic E-state index is -1.61. The molecular weight excluding hydrogens is 998 g/mol. The molecule has 0 bridgehead atoms. The lowest BCUT2D eigenvalue weighted by molar-refractivity contribution is -0.142. The molecule has 8 unspecified atom stereocenters. The number of carboxylic acids is 1. The fourth-order valence-corrected chi connectivity index (χ4v) is 7.90. The van der Waals surface area contributed by atoms with Crippen LogP contribution < -0.4 is 83.1 Å². The summed E-state index contributed by atoms with van der Waals surface area (Å²) in [5.74, 6) is -9.26. The Balaban J connectivity index is 2.30. The first-order valence-corrected chi connectivity index (χ1v) is 25.3. The number of unbranched alkanes of at least 4 members (excludes halogenated alkanes) is 2. The number of carboxylic acid groups (broad SMARTS) is 1. The molecule has 28 nitrogen and oxygen atoms in total. The van der Waals surface area contributed by atoms with Crippen LogP contribution in [0.25, 0.3) is 0 Å². The number of aliphatic carboxylic acids is 1. The second-order valence-electron chi connectivity index (χ2n) is 18.0. The second kappa shape index (κ2) is 35.4. The van der Waals surface area contributed by atoms with Crippen molar-refractivity contribution in [3.05, 3.63) is 47.4 Å². The second-order valence-corrected chi connectivity index (χ2v) is 18.0. The highest BCUT2D eigenvalue weighted by Crippen LogP contribution is 2.21. The largest absolute Gasteiger partial charge is 0.477 e. The lowest BCUT2D eigenvalue weighted by Gasteiger charge is -2.30. The first kappa shape index (κ1) is 65.2. The maximum atomic E-state index is 15.1. The number of hydrogen-bond acceptors (Lipinski definition) is 17. The number of nitrogens with zero attached hydrogens (tertiary/aromatic N) is 2. The summed E-state index contributed by atoms with van der Waals surface area (Å²) >= 11 is 0. The van der Waals surface area contributed by atoms with Gasteiger partial charge in [0.05, 0.1) is 18.7 Å². The molecule has 0 radical (unpaired) electrons. The van der Waals surface area contributed by atoms with Crippen molar-refractivity contribution in [2.24, 2.45) is 50.9 Å². The topological polar surface area (TPSA) is 502 Å². The number of nitrogens with one attached hydrogen (secondary N) is 7. The zero-order valence-corrected chi connectivity index (χ0v) is 42.8. The monoisotopic (exact) mass is 1080 g/mol. The molecule has 2 rings (SSSR count). The van der Waals surface area contributed by atoms with Gasteiger partial charge in [0.15, 0.2) is 5.96 Å². The van der Waals surface area contributed by atoms with E-state index in [-0.39, 0.29) is 89.2 Å². The molecule has 426 valence electrons. The molecule has 1 fully saturated rings. The standard InChI is InChI=1S/C47H80FN17O11/c48-28-11-2-1-10-27(28)24-34(42(71)60-30(13-4-6-19-50)41(70)62-33(46(75)76)15-8-22-57-47(55)56)63-43(72)35-16-9-23-65(35)45(74)32(14-7-20-51)59-37(67)26-58-40(69)31(17-21-52)61-44(73)38(36(66)25-53)64-39(68)29(54)12-3-5-18-49/h1-2,10-11,15,29-32,34-36,38,66H,3-9,12-14,16-26,49-54H2,(H,58,69)(H,59,67)(H,60,71)(H,61,73)(H,62,70)(H,63,72)(H,64,68)(H,75,76)(H4,55,56,57). The molecule has 8 atom stereocenters. The lowest BCUT2D eigenvalue weighted by Crippen LogP contribution is -2.61. The number of rotatable bonds is 36.